The molecule has 0 aromatic rings. The zero-order valence-electron chi connectivity index (χ0n) is 15.1. The number of carbonyl (C=O) groups excluding carboxylic acids is 2. The molecule has 2 heterocycles. The van der Waals surface area contributed by atoms with E-state index in [1.54, 1.807) is 7.11 Å². The Morgan fingerprint density at radius 1 is 1.00 bits per heavy atom. The SMILES string of the molecule is COCCNC(=O)CN1CCN(CC(=O)N2CCC(C)CC2)CC1. The summed E-state index contributed by atoms with van der Waals surface area (Å²) >= 11 is 0. The van der Waals surface area contributed by atoms with Crippen molar-refractivity contribution in [3.63, 3.8) is 0 Å². The molecule has 0 aromatic heterocycles. The Morgan fingerprint density at radius 3 is 2.17 bits per heavy atom. The van der Waals surface area contributed by atoms with Gasteiger partial charge < -0.3 is 15.0 Å². The Labute approximate surface area is 145 Å². The molecule has 2 fully saturated rings. The van der Waals surface area contributed by atoms with Gasteiger partial charge in [-0.2, -0.15) is 0 Å². The molecule has 2 amide bonds. The third kappa shape index (κ3) is 6.37. The predicted molar refractivity (Wildman–Crippen MR) is 92.7 cm³/mol. The molecule has 7 nitrogen and oxygen atoms in total. The van der Waals surface area contributed by atoms with Crippen molar-refractivity contribution in [2.75, 3.05) is 72.6 Å². The third-order valence-electron chi connectivity index (χ3n) is 4.96. The van der Waals surface area contributed by atoms with Crippen LogP contribution in [0.3, 0.4) is 0 Å². The molecular formula is C17H32N4O3. The van der Waals surface area contributed by atoms with E-state index in [-0.39, 0.29) is 11.8 Å². The van der Waals surface area contributed by atoms with Gasteiger partial charge in [0, 0.05) is 52.9 Å². The molecule has 1 N–H and O–H groups in total. The maximum Gasteiger partial charge on any atom is 0.236 e. The van der Waals surface area contributed by atoms with Gasteiger partial charge in [0.1, 0.15) is 0 Å². The van der Waals surface area contributed by atoms with Crippen molar-refractivity contribution in [1.82, 2.24) is 20.0 Å². The monoisotopic (exact) mass is 340 g/mol. The molecule has 0 atom stereocenters. The number of hydrogen-bond acceptors (Lipinski definition) is 5. The molecule has 2 aliphatic rings. The highest BCUT2D eigenvalue weighted by Crippen LogP contribution is 2.16. The first kappa shape index (κ1) is 19.1. The summed E-state index contributed by atoms with van der Waals surface area (Å²) in [4.78, 5) is 30.5. The number of hydrogen-bond donors (Lipinski definition) is 1. The fourth-order valence-corrected chi connectivity index (χ4v) is 3.21. The van der Waals surface area contributed by atoms with Crippen molar-refractivity contribution in [3.8, 4) is 0 Å². The summed E-state index contributed by atoms with van der Waals surface area (Å²) in [5.74, 6) is 1.04. The highest BCUT2D eigenvalue weighted by molar-refractivity contribution is 5.78. The second kappa shape index (κ2) is 9.96. The molecule has 7 heteroatoms. The smallest absolute Gasteiger partial charge is 0.236 e. The highest BCUT2D eigenvalue weighted by atomic mass is 16.5. The van der Waals surface area contributed by atoms with E-state index in [0.29, 0.717) is 26.2 Å². The molecule has 2 aliphatic heterocycles. The van der Waals surface area contributed by atoms with E-state index >= 15 is 0 Å². The fourth-order valence-electron chi connectivity index (χ4n) is 3.21. The van der Waals surface area contributed by atoms with Gasteiger partial charge in [-0.05, 0) is 18.8 Å². The van der Waals surface area contributed by atoms with Crippen LogP contribution < -0.4 is 5.32 Å². The summed E-state index contributed by atoms with van der Waals surface area (Å²) in [5.41, 5.74) is 0. The van der Waals surface area contributed by atoms with Crippen molar-refractivity contribution >= 4 is 11.8 Å². The van der Waals surface area contributed by atoms with Gasteiger partial charge in [-0.3, -0.25) is 19.4 Å². The zero-order chi connectivity index (χ0) is 17.4. The lowest BCUT2D eigenvalue weighted by Gasteiger charge is -2.36. The first-order valence-corrected chi connectivity index (χ1v) is 9.06. The van der Waals surface area contributed by atoms with Crippen LogP contribution in [0.15, 0.2) is 0 Å². The number of amides is 2. The molecule has 0 unspecified atom stereocenters. The number of rotatable bonds is 7. The third-order valence-corrected chi connectivity index (χ3v) is 4.96. The zero-order valence-corrected chi connectivity index (χ0v) is 15.1. The molecule has 0 bridgehead atoms. The van der Waals surface area contributed by atoms with Crippen LogP contribution in [0.25, 0.3) is 0 Å². The summed E-state index contributed by atoms with van der Waals surface area (Å²) in [5, 5.41) is 2.84. The Hall–Kier alpha value is -1.18. The van der Waals surface area contributed by atoms with Crippen molar-refractivity contribution in [2.45, 2.75) is 19.8 Å². The van der Waals surface area contributed by atoms with Crippen molar-refractivity contribution in [1.29, 1.82) is 0 Å². The lowest BCUT2D eigenvalue weighted by molar-refractivity contribution is -0.134. The largest absolute Gasteiger partial charge is 0.383 e. The molecule has 2 rings (SSSR count). The van der Waals surface area contributed by atoms with Gasteiger partial charge in [-0.1, -0.05) is 6.92 Å². The van der Waals surface area contributed by atoms with Gasteiger partial charge >= 0.3 is 0 Å². The Kier molecular flexibility index (Phi) is 7.94. The van der Waals surface area contributed by atoms with Crippen LogP contribution in [0.5, 0.6) is 0 Å². The average molecular weight is 340 g/mol. The molecule has 2 saturated heterocycles. The van der Waals surface area contributed by atoms with Crippen LogP contribution in [0.1, 0.15) is 19.8 Å². The summed E-state index contributed by atoms with van der Waals surface area (Å²) < 4.78 is 4.92. The minimum absolute atomic E-state index is 0.0408. The summed E-state index contributed by atoms with van der Waals surface area (Å²) in [7, 11) is 1.62. The Balaban J connectivity index is 1.62. The number of nitrogens with zero attached hydrogens (tertiary/aromatic N) is 3. The number of carbonyl (C=O) groups is 2. The number of methoxy groups -OCH3 is 1. The van der Waals surface area contributed by atoms with E-state index in [2.05, 4.69) is 22.0 Å². The van der Waals surface area contributed by atoms with Crippen molar-refractivity contribution < 1.29 is 14.3 Å². The normalized spacial score (nSPS) is 21.0. The first-order valence-electron chi connectivity index (χ1n) is 9.06. The summed E-state index contributed by atoms with van der Waals surface area (Å²) in [6.07, 6.45) is 2.25. The molecular weight excluding hydrogens is 308 g/mol. The molecule has 0 radical (unpaired) electrons. The maximum absolute atomic E-state index is 12.4. The van der Waals surface area contributed by atoms with Gasteiger partial charge in [-0.15, -0.1) is 0 Å². The standard InChI is InChI=1S/C17H32N4O3/c1-15-3-6-21(7-4-15)17(23)14-20-10-8-19(9-11-20)13-16(22)18-5-12-24-2/h15H,3-14H2,1-2H3,(H,18,22). The number of likely N-dealkylation sites (tertiary alicyclic amines) is 1. The fraction of sp³-hybridized carbons (Fsp3) is 0.882. The summed E-state index contributed by atoms with van der Waals surface area (Å²) in [6, 6.07) is 0. The van der Waals surface area contributed by atoms with E-state index in [9.17, 15) is 9.59 Å². The molecule has 0 spiro atoms. The van der Waals surface area contributed by atoms with Crippen LogP contribution in [0, 0.1) is 5.92 Å². The number of ether oxygens (including phenoxy) is 1. The maximum atomic E-state index is 12.4. The van der Waals surface area contributed by atoms with Gasteiger partial charge in [0.2, 0.25) is 11.8 Å². The van der Waals surface area contributed by atoms with Crippen LogP contribution in [0.4, 0.5) is 0 Å². The van der Waals surface area contributed by atoms with Crippen molar-refractivity contribution in [2.24, 2.45) is 5.92 Å². The van der Waals surface area contributed by atoms with E-state index in [1.165, 1.54) is 0 Å². The van der Waals surface area contributed by atoms with Gasteiger partial charge in [-0.25, -0.2) is 0 Å². The van der Waals surface area contributed by atoms with E-state index in [0.717, 1.165) is 58.0 Å². The van der Waals surface area contributed by atoms with E-state index < -0.39 is 0 Å². The summed E-state index contributed by atoms with van der Waals surface area (Å²) in [6.45, 7) is 9.47. The molecule has 0 aromatic carbocycles. The molecule has 138 valence electrons. The van der Waals surface area contributed by atoms with Crippen molar-refractivity contribution in [3.05, 3.63) is 0 Å². The van der Waals surface area contributed by atoms with Crippen LogP contribution in [-0.4, -0.2) is 99.1 Å². The van der Waals surface area contributed by atoms with Crippen LogP contribution in [-0.2, 0) is 14.3 Å². The number of nitrogens with one attached hydrogen (secondary N) is 1. The van der Waals surface area contributed by atoms with E-state index in [4.69, 9.17) is 4.74 Å². The lowest BCUT2D eigenvalue weighted by atomic mass is 9.99. The average Bonchev–Trinajstić information content (AvgIpc) is 2.57. The second-order valence-corrected chi connectivity index (χ2v) is 6.96. The Morgan fingerprint density at radius 2 is 1.58 bits per heavy atom. The Bertz CT molecular complexity index is 403. The topological polar surface area (TPSA) is 65.1 Å². The van der Waals surface area contributed by atoms with Gasteiger partial charge in [0.05, 0.1) is 19.7 Å². The van der Waals surface area contributed by atoms with Crippen LogP contribution >= 0.6 is 0 Å². The number of piperidine rings is 1. The molecule has 0 saturated carbocycles. The van der Waals surface area contributed by atoms with Crippen LogP contribution in [0.2, 0.25) is 0 Å². The highest BCUT2D eigenvalue weighted by Gasteiger charge is 2.24. The van der Waals surface area contributed by atoms with E-state index in [1.807, 2.05) is 4.90 Å². The van der Waals surface area contributed by atoms with Gasteiger partial charge in [0.25, 0.3) is 0 Å². The molecule has 0 aliphatic carbocycles. The first-order chi connectivity index (χ1) is 11.6. The number of piperazine rings is 1. The minimum Gasteiger partial charge on any atom is -0.383 e. The predicted octanol–water partition coefficient (Wildman–Crippen LogP) is -0.375. The minimum atomic E-state index is 0.0408. The quantitative estimate of drug-likeness (QED) is 0.641. The van der Waals surface area contributed by atoms with Gasteiger partial charge in [0.15, 0.2) is 0 Å². The second-order valence-electron chi connectivity index (χ2n) is 6.96. The lowest BCUT2D eigenvalue weighted by Crippen LogP contribution is -2.52. The molecule has 24 heavy (non-hydrogen) atoms.